The fraction of sp³-hybridized carbons (Fsp3) is 0.721. The number of rotatable bonds is 17. The highest BCUT2D eigenvalue weighted by Gasteiger charge is 2.52. The summed E-state index contributed by atoms with van der Waals surface area (Å²) in [5.74, 6) is -4.19. The van der Waals surface area contributed by atoms with Gasteiger partial charge in [-0.05, 0) is 108 Å². The molecule has 1 amide bonds. The molecule has 76 heavy (non-hydrogen) atoms. The Kier molecular flexibility index (Phi) is 20.3. The van der Waals surface area contributed by atoms with Crippen molar-refractivity contribution in [2.45, 2.75) is 201 Å². The summed E-state index contributed by atoms with van der Waals surface area (Å²) in [4.78, 5) is 88.8. The van der Waals surface area contributed by atoms with E-state index in [-0.39, 0.29) is 92.9 Å². The lowest BCUT2D eigenvalue weighted by Crippen LogP contribution is -2.50. The molecule has 4 N–H and O–H groups in total. The Balaban J connectivity index is 1.85. The molecule has 0 saturated heterocycles. The van der Waals surface area contributed by atoms with E-state index >= 15 is 9.59 Å². The Hall–Kier alpha value is -4.66. The van der Waals surface area contributed by atoms with E-state index in [1.165, 1.54) is 11.8 Å². The highest BCUT2D eigenvalue weighted by molar-refractivity contribution is 8.00. The fourth-order valence-corrected chi connectivity index (χ4v) is 12.8. The molecule has 1 aromatic heterocycles. The first-order valence-corrected chi connectivity index (χ1v) is 28.5. The number of nitrogens with zero attached hydrogens (tertiary/aromatic N) is 1. The van der Waals surface area contributed by atoms with Crippen molar-refractivity contribution in [3.63, 3.8) is 0 Å². The summed E-state index contributed by atoms with van der Waals surface area (Å²) in [5, 5.41) is 21.2. The van der Waals surface area contributed by atoms with Crippen molar-refractivity contribution >= 4 is 65.1 Å². The van der Waals surface area contributed by atoms with Crippen LogP contribution in [0.15, 0.2) is 34.0 Å². The number of H-pyrrole nitrogens is 1. The molecule has 3 aliphatic rings. The van der Waals surface area contributed by atoms with Gasteiger partial charge in [-0.15, -0.1) is 11.8 Å². The fourth-order valence-electron chi connectivity index (χ4n) is 11.6. The van der Waals surface area contributed by atoms with Crippen LogP contribution in [0.1, 0.15) is 205 Å². The first-order valence-electron chi connectivity index (χ1n) is 27.5. The molecule has 2 heterocycles. The second kappa shape index (κ2) is 24.1. The first kappa shape index (κ1) is 63.9. The molecule has 15 heteroatoms. The van der Waals surface area contributed by atoms with Gasteiger partial charge in [0, 0.05) is 40.4 Å². The van der Waals surface area contributed by atoms with Crippen LogP contribution in [-0.4, -0.2) is 86.5 Å². The van der Waals surface area contributed by atoms with Crippen molar-refractivity contribution in [2.75, 3.05) is 17.7 Å². The molecule has 2 saturated carbocycles. The zero-order chi connectivity index (χ0) is 58.1. The van der Waals surface area contributed by atoms with E-state index in [1.54, 1.807) is 34.6 Å². The van der Waals surface area contributed by atoms with Crippen LogP contribution in [0, 0.1) is 68.5 Å². The van der Waals surface area contributed by atoms with E-state index in [0.29, 0.717) is 70.8 Å². The number of ether oxygens (including phenoxy) is 3. The number of nitrogens with one attached hydrogen (secondary N) is 2. The van der Waals surface area contributed by atoms with Crippen LogP contribution in [-0.2, 0) is 38.2 Å². The molecule has 2 fully saturated rings. The van der Waals surface area contributed by atoms with Gasteiger partial charge in [-0.2, -0.15) is 0 Å². The molecule has 0 aromatic carbocycles. The van der Waals surface area contributed by atoms with Crippen molar-refractivity contribution in [2.24, 2.45) is 73.5 Å². The lowest BCUT2D eigenvalue weighted by atomic mass is 9.58. The van der Waals surface area contributed by atoms with E-state index < -0.39 is 59.1 Å². The van der Waals surface area contributed by atoms with Crippen molar-refractivity contribution in [1.82, 2.24) is 4.98 Å². The number of aliphatic imine (C=N–C) groups is 1. The van der Waals surface area contributed by atoms with Crippen molar-refractivity contribution in [3.8, 4) is 0 Å². The molecule has 0 spiro atoms. The number of allylic oxidation sites excluding steroid dienone is 1. The summed E-state index contributed by atoms with van der Waals surface area (Å²) in [6, 6.07) is 0. The Morgan fingerprint density at radius 1 is 0.737 bits per heavy atom. The number of amides is 1. The summed E-state index contributed by atoms with van der Waals surface area (Å²) in [6.07, 6.45) is 3.04. The number of carboxylic acids is 2. The van der Waals surface area contributed by atoms with Crippen molar-refractivity contribution in [1.29, 1.82) is 0 Å². The minimum absolute atomic E-state index is 0.0308. The highest BCUT2D eigenvalue weighted by atomic mass is 32.2. The van der Waals surface area contributed by atoms with Gasteiger partial charge in [0.25, 0.3) is 0 Å². The number of carbonyl (C=O) groups excluding carboxylic acids is 4. The quantitative estimate of drug-likeness (QED) is 0.0652. The van der Waals surface area contributed by atoms with Gasteiger partial charge in [0.2, 0.25) is 5.91 Å². The number of esters is 3. The van der Waals surface area contributed by atoms with E-state index in [1.807, 2.05) is 33.8 Å². The van der Waals surface area contributed by atoms with Crippen molar-refractivity contribution in [3.05, 3.63) is 45.8 Å². The second-order valence-corrected chi connectivity index (χ2v) is 29.4. The number of hydrogen-bond donors (Lipinski definition) is 4. The van der Waals surface area contributed by atoms with Crippen LogP contribution in [0.2, 0.25) is 0 Å². The molecule has 5 unspecified atom stereocenters. The molecule has 1 aliphatic heterocycles. The van der Waals surface area contributed by atoms with E-state index in [0.717, 1.165) is 0 Å². The van der Waals surface area contributed by atoms with Crippen molar-refractivity contribution < 1.29 is 53.2 Å². The zero-order valence-corrected chi connectivity index (χ0v) is 50.8. The number of hydrogen-bond acceptors (Lipinski definition) is 11. The number of aromatic nitrogens is 1. The molecule has 0 radical (unpaired) electrons. The van der Waals surface area contributed by atoms with Gasteiger partial charge in [0.15, 0.2) is 0 Å². The average Bonchev–Trinajstić information content (AvgIpc) is 3.78. The molecule has 14 nitrogen and oxygen atoms in total. The molecule has 5 atom stereocenters. The topological polar surface area (TPSA) is 211 Å². The summed E-state index contributed by atoms with van der Waals surface area (Å²) in [7, 11) is 0. The third kappa shape index (κ3) is 15.8. The third-order valence-corrected chi connectivity index (χ3v) is 17.3. The van der Waals surface area contributed by atoms with Crippen LogP contribution < -0.4 is 5.32 Å². The molecular formula is C61H95N3O11S. The van der Waals surface area contributed by atoms with Gasteiger partial charge < -0.3 is 34.7 Å². The van der Waals surface area contributed by atoms with Gasteiger partial charge in [0.05, 0.1) is 30.0 Å². The van der Waals surface area contributed by atoms with Crippen LogP contribution >= 0.6 is 11.8 Å². The third-order valence-electron chi connectivity index (χ3n) is 15.9. The standard InChI is InChI=1S/C61H95N3O11S/c1-31(2)45-41(62-34(7)47(45)54(70)74-50-39(59(14,15)16)25-36(26-40(50)60(17,18)19)30-76-43(52(67)68)28-44(65)66)27-42-46(32(3)4)48(51(63-42)64-56(72)61(20,21)22)55(71)75-49-37(57(8,9)10)23-35(24-38(49)58(11,12)13)29-73-53(69)33(5)6/h27,31-32,35-40,43,49-50,63H,5,23-26,28-30H2,1-4,6-22H3,(H,64,72)(H,65,66)(H,67,68). The maximum absolute atomic E-state index is 15.3. The lowest BCUT2D eigenvalue weighted by Gasteiger charge is -2.50. The number of anilines is 1. The summed E-state index contributed by atoms with van der Waals surface area (Å²) < 4.78 is 19.4. The molecule has 1 aromatic rings. The summed E-state index contributed by atoms with van der Waals surface area (Å²) in [5.41, 5.74) is 1.75. The number of carboxylic acid groups (broad SMARTS) is 2. The van der Waals surface area contributed by atoms with Crippen LogP contribution in [0.25, 0.3) is 6.08 Å². The van der Waals surface area contributed by atoms with Crippen LogP contribution in [0.4, 0.5) is 5.82 Å². The van der Waals surface area contributed by atoms with E-state index in [9.17, 15) is 29.4 Å². The second-order valence-electron chi connectivity index (χ2n) is 28.2. The zero-order valence-electron chi connectivity index (χ0n) is 50.0. The Morgan fingerprint density at radius 3 is 1.59 bits per heavy atom. The monoisotopic (exact) mass is 1080 g/mol. The first-order chi connectivity index (χ1) is 34.6. The van der Waals surface area contributed by atoms with Gasteiger partial charge >= 0.3 is 29.8 Å². The predicted molar refractivity (Wildman–Crippen MR) is 304 cm³/mol. The van der Waals surface area contributed by atoms with E-state index in [4.69, 9.17) is 19.2 Å². The van der Waals surface area contributed by atoms with Gasteiger partial charge in [-0.3, -0.25) is 19.4 Å². The highest BCUT2D eigenvalue weighted by Crippen LogP contribution is 2.53. The number of aromatic amines is 1. The largest absolute Gasteiger partial charge is 0.481 e. The SMILES string of the molecule is C=C(C)C(=O)OCC1CC(C(C)(C)C)C(OC(=O)c2c(NC(=O)C(C)(C)C)[nH]c(C=C3N=C(C)C(C(=O)OC4C(C(C)(C)C)CC(CSC(CC(=O)O)C(=O)O)CC4C(C)(C)C)=C3C(C)C)c2C(C)C)C(C(C)(C)C)C1. The Morgan fingerprint density at radius 2 is 1.20 bits per heavy atom. The summed E-state index contributed by atoms with van der Waals surface area (Å²) in [6.45, 7) is 46.5. The van der Waals surface area contributed by atoms with Crippen LogP contribution in [0.3, 0.4) is 0 Å². The number of carbonyl (C=O) groups is 6. The normalized spacial score (nSPS) is 24.8. The maximum Gasteiger partial charge on any atom is 0.342 e. The number of aliphatic carboxylic acids is 2. The Bertz CT molecular complexity index is 2410. The van der Waals surface area contributed by atoms with E-state index in [2.05, 4.69) is 100.0 Å². The summed E-state index contributed by atoms with van der Waals surface area (Å²) >= 11 is 1.17. The number of thioether (sulfide) groups is 1. The molecule has 0 bridgehead atoms. The average molecular weight is 1080 g/mol. The smallest absolute Gasteiger partial charge is 0.342 e. The Labute approximate surface area is 459 Å². The maximum atomic E-state index is 15.3. The van der Waals surface area contributed by atoms with Gasteiger partial charge in [-0.1, -0.05) is 138 Å². The van der Waals surface area contributed by atoms with Gasteiger partial charge in [0.1, 0.15) is 28.8 Å². The molecular weight excluding hydrogens is 983 g/mol. The molecule has 4 rings (SSSR count). The molecule has 426 valence electrons. The minimum atomic E-state index is -1.15. The molecule has 2 aliphatic carbocycles. The van der Waals surface area contributed by atoms with Crippen LogP contribution in [0.5, 0.6) is 0 Å². The minimum Gasteiger partial charge on any atom is -0.481 e. The van der Waals surface area contributed by atoms with Gasteiger partial charge in [-0.25, -0.2) is 14.4 Å². The predicted octanol–water partition coefficient (Wildman–Crippen LogP) is 13.6. The lowest BCUT2D eigenvalue weighted by molar-refractivity contribution is -0.164.